The van der Waals surface area contributed by atoms with Crippen LogP contribution in [-0.4, -0.2) is 43.5 Å². The van der Waals surface area contributed by atoms with Gasteiger partial charge in [0.05, 0.1) is 33.5 Å². The predicted octanol–water partition coefficient (Wildman–Crippen LogP) is 6.27. The Labute approximate surface area is 250 Å². The summed E-state index contributed by atoms with van der Waals surface area (Å²) in [5, 5.41) is 4.88. The molecule has 1 aromatic heterocycles. The van der Waals surface area contributed by atoms with Crippen LogP contribution in [-0.2, 0) is 25.7 Å². The number of benzene rings is 2. The second-order valence-electron chi connectivity index (χ2n) is 11.3. The average Bonchev–Trinajstić information content (AvgIpc) is 3.32. The third-order valence-electron chi connectivity index (χ3n) is 5.82. The Morgan fingerprint density at radius 3 is 2.32 bits per heavy atom. The number of fused-ring (bicyclic) bond motifs is 1. The minimum Gasteiger partial charge on any atom is -0.489 e. The van der Waals surface area contributed by atoms with E-state index >= 15 is 0 Å². The summed E-state index contributed by atoms with van der Waals surface area (Å²) in [6.45, 7) is 15.9. The highest BCUT2D eigenvalue weighted by Gasteiger charge is 2.42. The van der Waals surface area contributed by atoms with Crippen LogP contribution in [0.4, 0.5) is 0 Å². The Bertz CT molecular complexity index is 1560. The molecule has 226 valence electrons. The summed E-state index contributed by atoms with van der Waals surface area (Å²) in [5.74, 6) is 1.14. The molecule has 0 radical (unpaired) electrons. The first kappa shape index (κ1) is 32.8. The molecule has 0 spiro atoms. The van der Waals surface area contributed by atoms with Crippen molar-refractivity contribution >= 4 is 33.3 Å². The fourth-order valence-electron chi connectivity index (χ4n) is 3.88. The molecule has 0 saturated heterocycles. The van der Waals surface area contributed by atoms with Crippen molar-refractivity contribution in [2.75, 3.05) is 12.9 Å². The molecule has 0 bridgehead atoms. The van der Waals surface area contributed by atoms with Crippen LogP contribution in [0.25, 0.3) is 5.69 Å². The van der Waals surface area contributed by atoms with Crippen LogP contribution in [0, 0.1) is 0 Å². The Balaban J connectivity index is 0.000000228. The molecule has 10 nitrogen and oxygen atoms in total. The van der Waals surface area contributed by atoms with Crippen LogP contribution in [0.2, 0.25) is 10.0 Å². The van der Waals surface area contributed by atoms with Crippen molar-refractivity contribution in [2.45, 2.75) is 78.6 Å². The SMILES string of the molecule is CC(C)Oc1cc(-n2nc(C(C)(C)C)oc2=O)c(Cl)cc1Cl.CCOC1Oc2ccc(OS(C)(=O)=O)cc2C1(C)C. The summed E-state index contributed by atoms with van der Waals surface area (Å²) in [6.07, 6.45) is 0.580. The molecule has 1 unspecified atom stereocenters. The van der Waals surface area contributed by atoms with Crippen LogP contribution >= 0.6 is 23.2 Å². The number of aromatic nitrogens is 2. The number of hydrogen-bond donors (Lipinski definition) is 0. The molecule has 0 aliphatic carbocycles. The first-order chi connectivity index (χ1) is 18.8. The molecule has 4 rings (SSSR count). The lowest BCUT2D eigenvalue weighted by Gasteiger charge is -2.25. The Morgan fingerprint density at radius 2 is 1.78 bits per heavy atom. The Hall–Kier alpha value is -2.73. The molecule has 41 heavy (non-hydrogen) atoms. The van der Waals surface area contributed by atoms with Gasteiger partial charge in [-0.15, -0.1) is 5.10 Å². The van der Waals surface area contributed by atoms with E-state index in [1.54, 1.807) is 24.3 Å². The van der Waals surface area contributed by atoms with Gasteiger partial charge in [-0.2, -0.15) is 13.1 Å². The van der Waals surface area contributed by atoms with Gasteiger partial charge in [-0.05, 0) is 58.9 Å². The van der Waals surface area contributed by atoms with Crippen molar-refractivity contribution in [1.29, 1.82) is 0 Å². The van der Waals surface area contributed by atoms with Gasteiger partial charge >= 0.3 is 15.9 Å². The number of hydrogen-bond acceptors (Lipinski definition) is 9. The van der Waals surface area contributed by atoms with Gasteiger partial charge in [0.1, 0.15) is 17.2 Å². The number of rotatable bonds is 7. The maximum Gasteiger partial charge on any atom is 0.442 e. The van der Waals surface area contributed by atoms with Crippen LogP contribution in [0.1, 0.15) is 66.8 Å². The minimum atomic E-state index is -3.53. The second kappa shape index (κ2) is 12.2. The van der Waals surface area contributed by atoms with Gasteiger partial charge in [0.2, 0.25) is 12.2 Å². The Morgan fingerprint density at radius 1 is 1.12 bits per heavy atom. The van der Waals surface area contributed by atoms with E-state index in [4.69, 9.17) is 46.0 Å². The monoisotopic (exact) mass is 630 g/mol. The summed E-state index contributed by atoms with van der Waals surface area (Å²) < 4.78 is 50.4. The van der Waals surface area contributed by atoms with Gasteiger partial charge < -0.3 is 22.8 Å². The quantitative estimate of drug-likeness (QED) is 0.278. The van der Waals surface area contributed by atoms with E-state index in [1.165, 1.54) is 6.07 Å². The highest BCUT2D eigenvalue weighted by molar-refractivity contribution is 7.86. The maximum absolute atomic E-state index is 12.1. The zero-order chi connectivity index (χ0) is 30.9. The summed E-state index contributed by atoms with van der Waals surface area (Å²) in [4.78, 5) is 12.1. The summed E-state index contributed by atoms with van der Waals surface area (Å²) in [7, 11) is -3.53. The standard InChI is InChI=1S/C15H18Cl2N2O3.C13H18O5S/c1-8(2)21-12-7-11(9(16)6-10(12)17)19-14(20)22-13(18-19)15(3,4)5;1-5-16-12-13(2,3)10-8-9(18-19(4,14)15)6-7-11(10)17-12/h6-8H,1-5H3;6-8,12H,5H2,1-4H3. The van der Waals surface area contributed by atoms with Crippen LogP contribution < -0.4 is 19.4 Å². The van der Waals surface area contributed by atoms with E-state index in [1.807, 2.05) is 55.4 Å². The molecule has 1 aliphatic rings. The van der Waals surface area contributed by atoms with E-state index in [0.29, 0.717) is 34.7 Å². The molecule has 3 aromatic rings. The fourth-order valence-corrected chi connectivity index (χ4v) is 4.84. The summed E-state index contributed by atoms with van der Waals surface area (Å²) in [5.41, 5.74) is 0.501. The van der Waals surface area contributed by atoms with Crippen molar-refractivity contribution < 1.29 is 31.2 Å². The molecular formula is C28H36Cl2N2O8S. The van der Waals surface area contributed by atoms with E-state index in [-0.39, 0.29) is 34.0 Å². The van der Waals surface area contributed by atoms with Crippen molar-refractivity contribution in [3.8, 4) is 22.9 Å². The zero-order valence-electron chi connectivity index (χ0n) is 24.6. The molecule has 2 aromatic carbocycles. The predicted molar refractivity (Wildman–Crippen MR) is 158 cm³/mol. The lowest BCUT2D eigenvalue weighted by atomic mass is 9.85. The molecule has 0 N–H and O–H groups in total. The Kier molecular flexibility index (Phi) is 9.79. The van der Waals surface area contributed by atoms with E-state index < -0.39 is 15.9 Å². The van der Waals surface area contributed by atoms with E-state index in [9.17, 15) is 13.2 Å². The minimum absolute atomic E-state index is 0.0642. The molecule has 1 aliphatic heterocycles. The molecule has 0 fully saturated rings. The summed E-state index contributed by atoms with van der Waals surface area (Å²) >= 11 is 12.3. The largest absolute Gasteiger partial charge is 0.489 e. The average molecular weight is 632 g/mol. The van der Waals surface area contributed by atoms with E-state index in [2.05, 4.69) is 5.10 Å². The lowest BCUT2D eigenvalue weighted by molar-refractivity contribution is -0.0981. The van der Waals surface area contributed by atoms with E-state index in [0.717, 1.165) is 16.5 Å². The number of nitrogens with zero attached hydrogens (tertiary/aromatic N) is 2. The summed E-state index contributed by atoms with van der Waals surface area (Å²) in [6, 6.07) is 8.07. The molecule has 0 amide bonds. The van der Waals surface area contributed by atoms with Gasteiger partial charge in [0, 0.05) is 23.7 Å². The van der Waals surface area contributed by atoms with Crippen molar-refractivity contribution in [2.24, 2.45) is 0 Å². The number of halogens is 2. The third kappa shape index (κ3) is 7.97. The third-order valence-corrected chi connectivity index (χ3v) is 6.91. The molecule has 0 saturated carbocycles. The smallest absolute Gasteiger partial charge is 0.442 e. The first-order valence-corrected chi connectivity index (χ1v) is 15.5. The van der Waals surface area contributed by atoms with Gasteiger partial charge in [-0.25, -0.2) is 4.79 Å². The van der Waals surface area contributed by atoms with Crippen molar-refractivity contribution in [3.63, 3.8) is 0 Å². The van der Waals surface area contributed by atoms with Gasteiger partial charge in [0.25, 0.3) is 0 Å². The highest BCUT2D eigenvalue weighted by atomic mass is 35.5. The van der Waals surface area contributed by atoms with Crippen LogP contribution in [0.3, 0.4) is 0 Å². The highest BCUT2D eigenvalue weighted by Crippen LogP contribution is 2.44. The molecule has 1 atom stereocenters. The van der Waals surface area contributed by atoms with Crippen LogP contribution in [0.15, 0.2) is 39.5 Å². The normalized spacial score (nSPS) is 16.0. The van der Waals surface area contributed by atoms with Crippen molar-refractivity contribution in [1.82, 2.24) is 9.78 Å². The van der Waals surface area contributed by atoms with Crippen molar-refractivity contribution in [3.05, 3.63) is 62.4 Å². The fraction of sp³-hybridized carbons (Fsp3) is 0.500. The van der Waals surface area contributed by atoms with Gasteiger partial charge in [-0.3, -0.25) is 0 Å². The first-order valence-electron chi connectivity index (χ1n) is 12.9. The maximum atomic E-state index is 12.1. The van der Waals surface area contributed by atoms with Gasteiger partial charge in [-0.1, -0.05) is 44.0 Å². The molecule has 2 heterocycles. The topological polar surface area (TPSA) is 119 Å². The zero-order valence-corrected chi connectivity index (χ0v) is 26.9. The molecule has 13 heteroatoms. The number of ether oxygens (including phenoxy) is 3. The second-order valence-corrected chi connectivity index (χ2v) is 13.7. The van der Waals surface area contributed by atoms with Crippen LogP contribution in [0.5, 0.6) is 17.2 Å². The van der Waals surface area contributed by atoms with Gasteiger partial charge in [0.15, 0.2) is 0 Å². The molecular weight excluding hydrogens is 595 g/mol. The lowest BCUT2D eigenvalue weighted by Crippen LogP contribution is -2.34.